The molecule has 106 valence electrons. The van der Waals surface area contributed by atoms with Gasteiger partial charge in [0.25, 0.3) is 0 Å². The van der Waals surface area contributed by atoms with Gasteiger partial charge in [0, 0.05) is 23.1 Å². The van der Waals surface area contributed by atoms with E-state index in [1.54, 1.807) is 7.11 Å². The lowest BCUT2D eigenvalue weighted by Crippen LogP contribution is -2.22. The van der Waals surface area contributed by atoms with Gasteiger partial charge in [0.05, 0.1) is 7.11 Å². The zero-order chi connectivity index (χ0) is 14.4. The summed E-state index contributed by atoms with van der Waals surface area (Å²) < 4.78 is 6.54. The monoisotopic (exact) mass is 333 g/mol. The normalized spacial score (nSPS) is 10.8. The molecule has 2 rings (SSSR count). The lowest BCUT2D eigenvalue weighted by Gasteiger charge is -2.22. The van der Waals surface area contributed by atoms with E-state index in [1.807, 2.05) is 12.1 Å². The fourth-order valence-electron chi connectivity index (χ4n) is 2.23. The summed E-state index contributed by atoms with van der Waals surface area (Å²) in [7, 11) is 1.72. The molecule has 0 spiro atoms. The van der Waals surface area contributed by atoms with Gasteiger partial charge in [0.2, 0.25) is 0 Å². The van der Waals surface area contributed by atoms with Gasteiger partial charge < -0.3 is 4.74 Å². The molecule has 0 bridgehead atoms. The highest BCUT2D eigenvalue weighted by atomic mass is 79.9. The van der Waals surface area contributed by atoms with E-state index in [9.17, 15) is 0 Å². The van der Waals surface area contributed by atoms with Crippen molar-refractivity contribution in [1.29, 1.82) is 0 Å². The molecule has 0 radical (unpaired) electrons. The van der Waals surface area contributed by atoms with Crippen LogP contribution in [0, 0.1) is 0 Å². The van der Waals surface area contributed by atoms with Crippen LogP contribution in [0.5, 0.6) is 5.75 Å². The van der Waals surface area contributed by atoms with Crippen molar-refractivity contribution in [2.24, 2.45) is 0 Å². The summed E-state index contributed by atoms with van der Waals surface area (Å²) >= 11 is 3.53. The van der Waals surface area contributed by atoms with Crippen molar-refractivity contribution in [2.75, 3.05) is 13.7 Å². The Morgan fingerprint density at radius 2 is 1.80 bits per heavy atom. The summed E-state index contributed by atoms with van der Waals surface area (Å²) in [6.45, 7) is 5.03. The zero-order valence-electron chi connectivity index (χ0n) is 12.0. The number of methoxy groups -OCH3 is 1. The van der Waals surface area contributed by atoms with Gasteiger partial charge in [-0.15, -0.1) is 0 Å². The first-order chi connectivity index (χ1) is 9.72. The molecular formula is C17H20BrNO. The third-order valence-electron chi connectivity index (χ3n) is 3.33. The zero-order valence-corrected chi connectivity index (χ0v) is 13.6. The molecule has 0 unspecified atom stereocenters. The molecule has 0 aromatic heterocycles. The summed E-state index contributed by atoms with van der Waals surface area (Å²) in [4.78, 5) is 2.40. The standard InChI is InChI=1S/C17H20BrNO/c1-3-19(12-14-7-5-4-6-8-14)13-15-11-16(18)9-10-17(15)20-2/h4-11H,3,12-13H2,1-2H3. The first-order valence-electron chi connectivity index (χ1n) is 6.81. The van der Waals surface area contributed by atoms with Gasteiger partial charge in [-0.25, -0.2) is 0 Å². The molecule has 0 heterocycles. The van der Waals surface area contributed by atoms with Crippen molar-refractivity contribution in [2.45, 2.75) is 20.0 Å². The predicted octanol–water partition coefficient (Wildman–Crippen LogP) is 4.48. The molecule has 2 aromatic rings. The Kier molecular flexibility index (Phi) is 5.62. The highest BCUT2D eigenvalue weighted by Gasteiger charge is 2.09. The number of ether oxygens (including phenoxy) is 1. The maximum absolute atomic E-state index is 5.45. The molecule has 2 nitrogen and oxygen atoms in total. The van der Waals surface area contributed by atoms with E-state index >= 15 is 0 Å². The van der Waals surface area contributed by atoms with Crippen LogP contribution in [0.4, 0.5) is 0 Å². The molecular weight excluding hydrogens is 314 g/mol. The second-order valence-electron chi connectivity index (χ2n) is 4.75. The maximum Gasteiger partial charge on any atom is 0.123 e. The maximum atomic E-state index is 5.45. The minimum absolute atomic E-state index is 0.883. The minimum Gasteiger partial charge on any atom is -0.496 e. The SMILES string of the molecule is CCN(Cc1ccccc1)Cc1cc(Br)ccc1OC. The highest BCUT2D eigenvalue weighted by Crippen LogP contribution is 2.24. The van der Waals surface area contributed by atoms with Crippen LogP contribution in [0.25, 0.3) is 0 Å². The highest BCUT2D eigenvalue weighted by molar-refractivity contribution is 9.10. The Bertz CT molecular complexity index is 542. The second-order valence-corrected chi connectivity index (χ2v) is 5.66. The number of benzene rings is 2. The third kappa shape index (κ3) is 4.09. The predicted molar refractivity (Wildman–Crippen MR) is 86.9 cm³/mol. The fourth-order valence-corrected chi connectivity index (χ4v) is 2.64. The Hall–Kier alpha value is -1.32. The van der Waals surface area contributed by atoms with E-state index in [0.717, 1.165) is 29.9 Å². The summed E-state index contributed by atoms with van der Waals surface area (Å²) in [6, 6.07) is 16.7. The fraction of sp³-hybridized carbons (Fsp3) is 0.294. The molecule has 0 aliphatic carbocycles. The quantitative estimate of drug-likeness (QED) is 0.772. The van der Waals surface area contributed by atoms with Crippen LogP contribution < -0.4 is 4.74 Å². The Morgan fingerprint density at radius 1 is 1.05 bits per heavy atom. The number of nitrogens with zero attached hydrogens (tertiary/aromatic N) is 1. The lowest BCUT2D eigenvalue weighted by molar-refractivity contribution is 0.266. The van der Waals surface area contributed by atoms with Crippen LogP contribution in [0.3, 0.4) is 0 Å². The van der Waals surface area contributed by atoms with E-state index in [-0.39, 0.29) is 0 Å². The Labute approximate surface area is 129 Å². The van der Waals surface area contributed by atoms with E-state index < -0.39 is 0 Å². The van der Waals surface area contributed by atoms with Crippen LogP contribution in [0.2, 0.25) is 0 Å². The van der Waals surface area contributed by atoms with Crippen molar-refractivity contribution in [3.8, 4) is 5.75 Å². The van der Waals surface area contributed by atoms with Crippen molar-refractivity contribution in [1.82, 2.24) is 4.90 Å². The topological polar surface area (TPSA) is 12.5 Å². The first-order valence-corrected chi connectivity index (χ1v) is 7.61. The molecule has 20 heavy (non-hydrogen) atoms. The first kappa shape index (κ1) is 15.1. The summed E-state index contributed by atoms with van der Waals surface area (Å²) in [5, 5.41) is 0. The molecule has 3 heteroatoms. The summed E-state index contributed by atoms with van der Waals surface area (Å²) in [5.41, 5.74) is 2.54. The molecule has 0 aliphatic rings. The van der Waals surface area contributed by atoms with E-state index in [0.29, 0.717) is 0 Å². The van der Waals surface area contributed by atoms with Gasteiger partial charge in [0.1, 0.15) is 5.75 Å². The Morgan fingerprint density at radius 3 is 2.45 bits per heavy atom. The molecule has 0 N–H and O–H groups in total. The average molecular weight is 334 g/mol. The van der Waals surface area contributed by atoms with Crippen LogP contribution in [0.1, 0.15) is 18.1 Å². The van der Waals surface area contributed by atoms with Crippen molar-refractivity contribution in [3.63, 3.8) is 0 Å². The average Bonchev–Trinajstić information content (AvgIpc) is 2.48. The summed E-state index contributed by atoms with van der Waals surface area (Å²) in [6.07, 6.45) is 0. The van der Waals surface area contributed by atoms with Gasteiger partial charge in [-0.05, 0) is 30.3 Å². The van der Waals surface area contributed by atoms with Crippen molar-refractivity contribution < 1.29 is 4.74 Å². The van der Waals surface area contributed by atoms with E-state index in [2.05, 4.69) is 64.2 Å². The van der Waals surface area contributed by atoms with Crippen molar-refractivity contribution >= 4 is 15.9 Å². The van der Waals surface area contributed by atoms with Gasteiger partial charge in [-0.1, -0.05) is 53.2 Å². The van der Waals surface area contributed by atoms with Gasteiger partial charge in [-0.2, -0.15) is 0 Å². The molecule has 0 saturated carbocycles. The van der Waals surface area contributed by atoms with Gasteiger partial charge >= 0.3 is 0 Å². The number of hydrogen-bond donors (Lipinski definition) is 0. The molecule has 0 aliphatic heterocycles. The Balaban J connectivity index is 2.12. The molecule has 0 amide bonds. The van der Waals surface area contributed by atoms with E-state index in [1.165, 1.54) is 11.1 Å². The van der Waals surface area contributed by atoms with Crippen LogP contribution in [-0.2, 0) is 13.1 Å². The number of halogens is 1. The smallest absolute Gasteiger partial charge is 0.123 e. The largest absolute Gasteiger partial charge is 0.496 e. The van der Waals surface area contributed by atoms with Crippen molar-refractivity contribution in [3.05, 3.63) is 64.1 Å². The minimum atomic E-state index is 0.883. The van der Waals surface area contributed by atoms with Gasteiger partial charge in [0.15, 0.2) is 0 Å². The lowest BCUT2D eigenvalue weighted by atomic mass is 10.1. The molecule has 0 fully saturated rings. The molecule has 0 saturated heterocycles. The van der Waals surface area contributed by atoms with Gasteiger partial charge in [-0.3, -0.25) is 4.90 Å². The third-order valence-corrected chi connectivity index (χ3v) is 3.83. The second kappa shape index (κ2) is 7.46. The van der Waals surface area contributed by atoms with Crippen LogP contribution in [-0.4, -0.2) is 18.6 Å². The summed E-state index contributed by atoms with van der Waals surface area (Å²) in [5.74, 6) is 0.944. The number of hydrogen-bond acceptors (Lipinski definition) is 2. The van der Waals surface area contributed by atoms with Crippen LogP contribution >= 0.6 is 15.9 Å². The van der Waals surface area contributed by atoms with E-state index in [4.69, 9.17) is 4.74 Å². The van der Waals surface area contributed by atoms with Crippen LogP contribution in [0.15, 0.2) is 53.0 Å². The molecule has 2 aromatic carbocycles. The number of rotatable bonds is 6. The molecule has 0 atom stereocenters.